The van der Waals surface area contributed by atoms with Crippen LogP contribution in [0.15, 0.2) is 30.3 Å². The van der Waals surface area contributed by atoms with Crippen LogP contribution >= 0.6 is 0 Å². The van der Waals surface area contributed by atoms with E-state index in [1.807, 2.05) is 18.2 Å². The number of hydrogen-bond acceptors (Lipinski definition) is 3. The lowest BCUT2D eigenvalue weighted by atomic mass is 9.85. The zero-order chi connectivity index (χ0) is 12.8. The van der Waals surface area contributed by atoms with Gasteiger partial charge in [-0.2, -0.15) is 4.89 Å². The normalized spacial score (nSPS) is 23.6. The molecule has 3 nitrogen and oxygen atoms in total. The molecule has 0 spiro atoms. The van der Waals surface area contributed by atoms with Crippen molar-refractivity contribution in [2.24, 2.45) is 5.92 Å². The molecule has 1 aliphatic rings. The molecule has 1 aromatic carbocycles. The summed E-state index contributed by atoms with van der Waals surface area (Å²) in [6, 6.07) is 8.94. The predicted octanol–water partition coefficient (Wildman–Crippen LogP) is 3.74. The number of hydrogen-bond donors (Lipinski definition) is 0. The van der Waals surface area contributed by atoms with Gasteiger partial charge in [-0.1, -0.05) is 44.4 Å². The Morgan fingerprint density at radius 3 is 2.67 bits per heavy atom. The van der Waals surface area contributed by atoms with E-state index >= 15 is 0 Å². The van der Waals surface area contributed by atoms with Crippen molar-refractivity contribution < 1.29 is 14.6 Å². The third-order valence-electron chi connectivity index (χ3n) is 3.62. The first-order chi connectivity index (χ1) is 8.81. The zero-order valence-corrected chi connectivity index (χ0v) is 10.8. The molecule has 0 bridgehead atoms. The summed E-state index contributed by atoms with van der Waals surface area (Å²) in [6.07, 6.45) is 5.71. The van der Waals surface area contributed by atoms with E-state index in [0.29, 0.717) is 11.5 Å². The van der Waals surface area contributed by atoms with Crippen molar-refractivity contribution in [2.75, 3.05) is 0 Å². The van der Waals surface area contributed by atoms with Crippen molar-refractivity contribution in [3.63, 3.8) is 0 Å². The SMILES string of the molecule is CCC1CCCCC1OOC(=O)c1ccccc1. The Kier molecular flexibility index (Phi) is 4.76. The minimum atomic E-state index is -0.406. The molecule has 2 atom stereocenters. The van der Waals surface area contributed by atoms with Crippen LogP contribution in [0.5, 0.6) is 0 Å². The number of benzene rings is 1. The summed E-state index contributed by atoms with van der Waals surface area (Å²) in [4.78, 5) is 22.0. The highest BCUT2D eigenvalue weighted by atomic mass is 17.2. The van der Waals surface area contributed by atoms with E-state index in [9.17, 15) is 4.79 Å². The second kappa shape index (κ2) is 6.55. The summed E-state index contributed by atoms with van der Waals surface area (Å²) in [5.41, 5.74) is 0.529. The van der Waals surface area contributed by atoms with Crippen LogP contribution in [0.1, 0.15) is 49.4 Å². The van der Waals surface area contributed by atoms with E-state index in [1.165, 1.54) is 12.8 Å². The van der Waals surface area contributed by atoms with Gasteiger partial charge in [0.2, 0.25) is 0 Å². The third-order valence-corrected chi connectivity index (χ3v) is 3.62. The molecule has 1 saturated carbocycles. The molecule has 0 heterocycles. The summed E-state index contributed by atoms with van der Waals surface area (Å²) in [5, 5.41) is 0. The van der Waals surface area contributed by atoms with Crippen LogP contribution < -0.4 is 0 Å². The quantitative estimate of drug-likeness (QED) is 0.601. The fraction of sp³-hybridized carbons (Fsp3) is 0.533. The van der Waals surface area contributed by atoms with Crippen LogP contribution in [-0.2, 0) is 9.78 Å². The van der Waals surface area contributed by atoms with Gasteiger partial charge in [-0.3, -0.25) is 4.89 Å². The van der Waals surface area contributed by atoms with Gasteiger partial charge in [-0.15, -0.1) is 0 Å². The van der Waals surface area contributed by atoms with Gasteiger partial charge >= 0.3 is 5.97 Å². The van der Waals surface area contributed by atoms with E-state index in [-0.39, 0.29) is 6.10 Å². The molecule has 0 saturated heterocycles. The van der Waals surface area contributed by atoms with Gasteiger partial charge < -0.3 is 0 Å². The molecule has 0 aliphatic heterocycles. The highest BCUT2D eigenvalue weighted by Crippen LogP contribution is 2.29. The topological polar surface area (TPSA) is 35.5 Å². The summed E-state index contributed by atoms with van der Waals surface area (Å²) in [6.45, 7) is 2.16. The summed E-state index contributed by atoms with van der Waals surface area (Å²) >= 11 is 0. The van der Waals surface area contributed by atoms with E-state index in [2.05, 4.69) is 6.92 Å². The van der Waals surface area contributed by atoms with Crippen molar-refractivity contribution in [1.82, 2.24) is 0 Å². The van der Waals surface area contributed by atoms with E-state index in [1.54, 1.807) is 12.1 Å². The molecule has 2 unspecified atom stereocenters. The summed E-state index contributed by atoms with van der Waals surface area (Å²) in [7, 11) is 0. The minimum Gasteiger partial charge on any atom is -0.293 e. The largest absolute Gasteiger partial charge is 0.373 e. The van der Waals surface area contributed by atoms with Gasteiger partial charge in [0.1, 0.15) is 6.10 Å². The van der Waals surface area contributed by atoms with Crippen molar-refractivity contribution in [3.8, 4) is 0 Å². The fourth-order valence-electron chi connectivity index (χ4n) is 2.50. The molecule has 3 heteroatoms. The van der Waals surface area contributed by atoms with E-state index in [4.69, 9.17) is 9.78 Å². The van der Waals surface area contributed by atoms with Gasteiger partial charge in [0.25, 0.3) is 0 Å². The fourth-order valence-corrected chi connectivity index (χ4v) is 2.50. The maximum Gasteiger partial charge on any atom is 0.373 e. The Morgan fingerprint density at radius 2 is 1.94 bits per heavy atom. The van der Waals surface area contributed by atoms with Crippen molar-refractivity contribution in [2.45, 2.75) is 45.1 Å². The molecule has 1 aromatic rings. The molecule has 0 N–H and O–H groups in total. The first-order valence-electron chi connectivity index (χ1n) is 6.74. The zero-order valence-electron chi connectivity index (χ0n) is 10.8. The second-order valence-electron chi connectivity index (χ2n) is 4.82. The summed E-state index contributed by atoms with van der Waals surface area (Å²) in [5.74, 6) is 0.110. The molecule has 0 amide bonds. The monoisotopic (exact) mass is 248 g/mol. The molecule has 1 fully saturated rings. The Balaban J connectivity index is 1.85. The Morgan fingerprint density at radius 1 is 1.22 bits per heavy atom. The molecule has 0 aromatic heterocycles. The summed E-state index contributed by atoms with van der Waals surface area (Å²) < 4.78 is 0. The van der Waals surface area contributed by atoms with Gasteiger partial charge in [-0.05, 0) is 30.9 Å². The average molecular weight is 248 g/mol. The van der Waals surface area contributed by atoms with Crippen molar-refractivity contribution in [3.05, 3.63) is 35.9 Å². The van der Waals surface area contributed by atoms with Gasteiger partial charge in [0, 0.05) is 0 Å². The van der Waals surface area contributed by atoms with Crippen LogP contribution in [0.25, 0.3) is 0 Å². The van der Waals surface area contributed by atoms with Gasteiger partial charge in [0.05, 0.1) is 5.56 Å². The minimum absolute atomic E-state index is 0.0661. The molecule has 98 valence electrons. The molecule has 0 radical (unpaired) electrons. The first-order valence-corrected chi connectivity index (χ1v) is 6.74. The van der Waals surface area contributed by atoms with Crippen LogP contribution in [0.3, 0.4) is 0 Å². The smallest absolute Gasteiger partial charge is 0.293 e. The van der Waals surface area contributed by atoms with E-state index < -0.39 is 5.97 Å². The van der Waals surface area contributed by atoms with Gasteiger partial charge in [-0.25, -0.2) is 4.79 Å². The van der Waals surface area contributed by atoms with Crippen LogP contribution in [0, 0.1) is 5.92 Å². The maximum absolute atomic E-state index is 11.7. The lowest BCUT2D eigenvalue weighted by molar-refractivity contribution is -0.290. The van der Waals surface area contributed by atoms with E-state index in [0.717, 1.165) is 19.3 Å². The molecular formula is C15H20O3. The second-order valence-corrected chi connectivity index (χ2v) is 4.82. The standard InChI is InChI=1S/C15H20O3/c1-2-12-8-6-7-11-14(12)17-18-15(16)13-9-4-3-5-10-13/h3-5,9-10,12,14H,2,6-8,11H2,1H3. The van der Waals surface area contributed by atoms with Crippen molar-refractivity contribution in [1.29, 1.82) is 0 Å². The van der Waals surface area contributed by atoms with Crippen LogP contribution in [0.2, 0.25) is 0 Å². The predicted molar refractivity (Wildman–Crippen MR) is 69.0 cm³/mol. The molecule has 2 rings (SSSR count). The lowest BCUT2D eigenvalue weighted by Gasteiger charge is -2.28. The number of carbonyl (C=O) groups is 1. The number of rotatable bonds is 4. The Bertz CT molecular complexity index is 375. The maximum atomic E-state index is 11.7. The Hall–Kier alpha value is -1.35. The van der Waals surface area contributed by atoms with Crippen LogP contribution in [-0.4, -0.2) is 12.1 Å². The first kappa shape index (κ1) is 13.1. The van der Waals surface area contributed by atoms with Crippen molar-refractivity contribution >= 4 is 5.97 Å². The molecular weight excluding hydrogens is 228 g/mol. The average Bonchev–Trinajstić information content (AvgIpc) is 2.46. The van der Waals surface area contributed by atoms with Gasteiger partial charge in [0.15, 0.2) is 0 Å². The highest BCUT2D eigenvalue weighted by molar-refractivity contribution is 5.88. The Labute approximate surface area is 108 Å². The molecule has 1 aliphatic carbocycles. The number of carbonyl (C=O) groups excluding carboxylic acids is 1. The lowest BCUT2D eigenvalue weighted by Crippen LogP contribution is -2.28. The molecule has 18 heavy (non-hydrogen) atoms. The third kappa shape index (κ3) is 3.33. The van der Waals surface area contributed by atoms with Crippen LogP contribution in [0.4, 0.5) is 0 Å². The highest BCUT2D eigenvalue weighted by Gasteiger charge is 2.26.